The zero-order valence-corrected chi connectivity index (χ0v) is 11.5. The molecule has 1 heterocycles. The normalized spacial score (nSPS) is 21.2. The van der Waals surface area contributed by atoms with Crippen LogP contribution in [0.3, 0.4) is 0 Å². The van der Waals surface area contributed by atoms with Gasteiger partial charge in [-0.2, -0.15) is 0 Å². The summed E-state index contributed by atoms with van der Waals surface area (Å²) >= 11 is 0. The SMILES string of the molecule is CCCCN(CCC(C)C)CC1CCCN1. The Labute approximate surface area is 102 Å². The molecule has 96 valence electrons. The Hall–Kier alpha value is -0.0800. The lowest BCUT2D eigenvalue weighted by Crippen LogP contribution is -2.38. The quantitative estimate of drug-likeness (QED) is 0.684. The van der Waals surface area contributed by atoms with Gasteiger partial charge in [0.15, 0.2) is 0 Å². The van der Waals surface area contributed by atoms with Crippen LogP contribution < -0.4 is 5.32 Å². The van der Waals surface area contributed by atoms with Gasteiger partial charge in [0.2, 0.25) is 0 Å². The minimum atomic E-state index is 0.768. The van der Waals surface area contributed by atoms with E-state index in [0.717, 1.165) is 12.0 Å². The van der Waals surface area contributed by atoms with E-state index in [2.05, 4.69) is 31.0 Å². The molecule has 2 heteroatoms. The van der Waals surface area contributed by atoms with Gasteiger partial charge in [-0.3, -0.25) is 0 Å². The predicted molar refractivity (Wildman–Crippen MR) is 71.8 cm³/mol. The van der Waals surface area contributed by atoms with Crippen LogP contribution in [0.5, 0.6) is 0 Å². The van der Waals surface area contributed by atoms with Crippen LogP contribution in [-0.2, 0) is 0 Å². The molecule has 0 spiro atoms. The molecule has 0 aromatic rings. The summed E-state index contributed by atoms with van der Waals surface area (Å²) in [5, 5.41) is 3.61. The molecule has 0 radical (unpaired) electrons. The summed E-state index contributed by atoms with van der Waals surface area (Å²) in [6.45, 7) is 12.0. The van der Waals surface area contributed by atoms with E-state index in [-0.39, 0.29) is 0 Å². The van der Waals surface area contributed by atoms with Crippen LogP contribution in [0.25, 0.3) is 0 Å². The first-order valence-electron chi connectivity index (χ1n) is 7.18. The molecule has 0 amide bonds. The van der Waals surface area contributed by atoms with Crippen LogP contribution in [0.15, 0.2) is 0 Å². The topological polar surface area (TPSA) is 15.3 Å². The summed E-state index contributed by atoms with van der Waals surface area (Å²) in [5.41, 5.74) is 0. The number of hydrogen-bond donors (Lipinski definition) is 1. The van der Waals surface area contributed by atoms with Gasteiger partial charge in [0.05, 0.1) is 0 Å². The zero-order chi connectivity index (χ0) is 11.8. The van der Waals surface area contributed by atoms with E-state index in [0.29, 0.717) is 0 Å². The van der Waals surface area contributed by atoms with Gasteiger partial charge in [-0.1, -0.05) is 27.2 Å². The molecule has 1 fully saturated rings. The van der Waals surface area contributed by atoms with Crippen molar-refractivity contribution < 1.29 is 0 Å². The smallest absolute Gasteiger partial charge is 0.0195 e. The van der Waals surface area contributed by atoms with Crippen LogP contribution in [0, 0.1) is 5.92 Å². The lowest BCUT2D eigenvalue weighted by molar-refractivity contribution is 0.233. The van der Waals surface area contributed by atoms with E-state index in [1.807, 2.05) is 0 Å². The van der Waals surface area contributed by atoms with Gasteiger partial charge in [-0.05, 0) is 51.2 Å². The monoisotopic (exact) mass is 226 g/mol. The van der Waals surface area contributed by atoms with Gasteiger partial charge in [0.25, 0.3) is 0 Å². The van der Waals surface area contributed by atoms with E-state index >= 15 is 0 Å². The summed E-state index contributed by atoms with van der Waals surface area (Å²) in [6.07, 6.45) is 6.76. The Bertz CT molecular complexity index is 162. The molecule has 16 heavy (non-hydrogen) atoms. The standard InChI is InChI=1S/C14H30N2/c1-4-5-10-16(11-8-13(2)3)12-14-7-6-9-15-14/h13-15H,4-12H2,1-3H3. The zero-order valence-electron chi connectivity index (χ0n) is 11.5. The van der Waals surface area contributed by atoms with E-state index in [1.165, 1.54) is 58.3 Å². The lowest BCUT2D eigenvalue weighted by atomic mass is 10.1. The molecule has 0 saturated carbocycles. The maximum absolute atomic E-state index is 3.61. The average Bonchev–Trinajstić information content (AvgIpc) is 2.74. The van der Waals surface area contributed by atoms with Crippen molar-refractivity contribution in [3.63, 3.8) is 0 Å². The second-order valence-corrected chi connectivity index (χ2v) is 5.63. The number of nitrogens with zero attached hydrogens (tertiary/aromatic N) is 1. The maximum atomic E-state index is 3.61. The molecule has 1 aliphatic heterocycles. The van der Waals surface area contributed by atoms with Gasteiger partial charge in [-0.25, -0.2) is 0 Å². The Morgan fingerprint density at radius 1 is 1.31 bits per heavy atom. The summed E-state index contributed by atoms with van der Waals surface area (Å²) in [5.74, 6) is 0.834. The highest BCUT2D eigenvalue weighted by atomic mass is 15.1. The largest absolute Gasteiger partial charge is 0.313 e. The first-order chi connectivity index (χ1) is 7.72. The van der Waals surface area contributed by atoms with Gasteiger partial charge in [0, 0.05) is 12.6 Å². The molecule has 0 aliphatic carbocycles. The lowest BCUT2D eigenvalue weighted by Gasteiger charge is -2.26. The van der Waals surface area contributed by atoms with E-state index in [9.17, 15) is 0 Å². The van der Waals surface area contributed by atoms with Crippen LogP contribution in [-0.4, -0.2) is 37.1 Å². The predicted octanol–water partition coefficient (Wildman–Crippen LogP) is 2.89. The second-order valence-electron chi connectivity index (χ2n) is 5.63. The minimum Gasteiger partial charge on any atom is -0.313 e. The van der Waals surface area contributed by atoms with Crippen molar-refractivity contribution in [3.8, 4) is 0 Å². The molecule has 0 aromatic carbocycles. The highest BCUT2D eigenvalue weighted by Gasteiger charge is 2.17. The molecule has 1 aliphatic rings. The molecule has 1 atom stereocenters. The number of rotatable bonds is 8. The molecular formula is C14H30N2. The Morgan fingerprint density at radius 3 is 2.69 bits per heavy atom. The molecule has 0 aromatic heterocycles. The Balaban J connectivity index is 2.24. The molecule has 1 N–H and O–H groups in total. The van der Waals surface area contributed by atoms with Crippen molar-refractivity contribution in [2.45, 2.75) is 58.9 Å². The van der Waals surface area contributed by atoms with Gasteiger partial charge in [0.1, 0.15) is 0 Å². The van der Waals surface area contributed by atoms with E-state index < -0.39 is 0 Å². The summed E-state index contributed by atoms with van der Waals surface area (Å²) in [4.78, 5) is 2.67. The van der Waals surface area contributed by atoms with Crippen molar-refractivity contribution in [2.75, 3.05) is 26.2 Å². The van der Waals surface area contributed by atoms with Crippen molar-refractivity contribution >= 4 is 0 Å². The Kier molecular flexibility index (Phi) is 7.06. The van der Waals surface area contributed by atoms with E-state index in [1.54, 1.807) is 0 Å². The highest BCUT2D eigenvalue weighted by Crippen LogP contribution is 2.10. The molecule has 1 unspecified atom stereocenters. The number of unbranched alkanes of at least 4 members (excludes halogenated alkanes) is 1. The number of nitrogens with one attached hydrogen (secondary N) is 1. The summed E-state index contributed by atoms with van der Waals surface area (Å²) < 4.78 is 0. The fourth-order valence-corrected chi connectivity index (χ4v) is 2.34. The van der Waals surface area contributed by atoms with Crippen LogP contribution >= 0.6 is 0 Å². The third-order valence-electron chi connectivity index (χ3n) is 3.49. The second kappa shape index (κ2) is 8.08. The van der Waals surface area contributed by atoms with Crippen LogP contribution in [0.1, 0.15) is 52.9 Å². The molecule has 1 rings (SSSR count). The third kappa shape index (κ3) is 5.86. The molecule has 2 nitrogen and oxygen atoms in total. The minimum absolute atomic E-state index is 0.768. The Morgan fingerprint density at radius 2 is 2.12 bits per heavy atom. The first-order valence-corrected chi connectivity index (χ1v) is 7.18. The highest BCUT2D eigenvalue weighted by molar-refractivity contribution is 4.78. The molecule has 0 bridgehead atoms. The molecular weight excluding hydrogens is 196 g/mol. The van der Waals surface area contributed by atoms with Crippen LogP contribution in [0.4, 0.5) is 0 Å². The number of hydrogen-bond acceptors (Lipinski definition) is 2. The summed E-state index contributed by atoms with van der Waals surface area (Å²) in [7, 11) is 0. The maximum Gasteiger partial charge on any atom is 0.0195 e. The van der Waals surface area contributed by atoms with Gasteiger partial charge < -0.3 is 10.2 Å². The third-order valence-corrected chi connectivity index (χ3v) is 3.49. The fourth-order valence-electron chi connectivity index (χ4n) is 2.34. The van der Waals surface area contributed by atoms with Gasteiger partial charge >= 0.3 is 0 Å². The van der Waals surface area contributed by atoms with Crippen molar-refractivity contribution in [1.29, 1.82) is 0 Å². The first kappa shape index (κ1) is 14.0. The average molecular weight is 226 g/mol. The van der Waals surface area contributed by atoms with Crippen molar-refractivity contribution in [3.05, 3.63) is 0 Å². The summed E-state index contributed by atoms with van der Waals surface area (Å²) in [6, 6.07) is 0.768. The fraction of sp³-hybridized carbons (Fsp3) is 1.00. The molecule has 1 saturated heterocycles. The van der Waals surface area contributed by atoms with Crippen molar-refractivity contribution in [2.24, 2.45) is 5.92 Å². The van der Waals surface area contributed by atoms with E-state index in [4.69, 9.17) is 0 Å². The van der Waals surface area contributed by atoms with Crippen molar-refractivity contribution in [1.82, 2.24) is 10.2 Å². The van der Waals surface area contributed by atoms with Gasteiger partial charge in [-0.15, -0.1) is 0 Å². The van der Waals surface area contributed by atoms with Crippen LogP contribution in [0.2, 0.25) is 0 Å².